The molecule has 0 radical (unpaired) electrons. The highest BCUT2D eigenvalue weighted by Gasteiger charge is 2.01. The van der Waals surface area contributed by atoms with Crippen LogP contribution in [0, 0.1) is 23.2 Å². The Balaban J connectivity index is 2.66. The molecule has 0 bridgehead atoms. The van der Waals surface area contributed by atoms with Crippen LogP contribution in [0.5, 0.6) is 5.75 Å². The molecule has 18 heavy (non-hydrogen) atoms. The summed E-state index contributed by atoms with van der Waals surface area (Å²) in [6.07, 6.45) is 0.585. The van der Waals surface area contributed by atoms with Gasteiger partial charge in [0, 0.05) is 25.5 Å². The van der Waals surface area contributed by atoms with Gasteiger partial charge in [-0.15, -0.1) is 0 Å². The molecule has 4 nitrogen and oxygen atoms in total. The van der Waals surface area contributed by atoms with Gasteiger partial charge >= 0.3 is 0 Å². The van der Waals surface area contributed by atoms with Gasteiger partial charge in [-0.3, -0.25) is 4.79 Å². The largest absolute Gasteiger partial charge is 0.495 e. The van der Waals surface area contributed by atoms with E-state index in [1.54, 1.807) is 18.2 Å². The Labute approximate surface area is 107 Å². The van der Waals surface area contributed by atoms with E-state index in [1.807, 2.05) is 6.07 Å². The quantitative estimate of drug-likeness (QED) is 0.644. The van der Waals surface area contributed by atoms with E-state index in [0.717, 1.165) is 5.56 Å². The molecule has 0 aliphatic rings. The standard InChI is InChI=1S/C14H14N2O2/c1-11(17)16-8-4-3-5-12-6-7-13(10-15)14(9-12)18-2/h6-7,9H,4,8H2,1-2H3,(H,16,17). The van der Waals surface area contributed by atoms with Crippen LogP contribution in [0.2, 0.25) is 0 Å². The second-order valence-corrected chi connectivity index (χ2v) is 3.56. The molecular weight excluding hydrogens is 228 g/mol. The lowest BCUT2D eigenvalue weighted by atomic mass is 10.1. The Morgan fingerprint density at radius 1 is 1.50 bits per heavy atom. The molecule has 4 heteroatoms. The molecule has 0 aromatic heterocycles. The van der Waals surface area contributed by atoms with Crippen LogP contribution < -0.4 is 10.1 Å². The first-order chi connectivity index (χ1) is 8.67. The summed E-state index contributed by atoms with van der Waals surface area (Å²) in [6.45, 7) is 2.01. The Hall–Kier alpha value is -2.46. The maximum Gasteiger partial charge on any atom is 0.216 e. The Morgan fingerprint density at radius 3 is 2.89 bits per heavy atom. The van der Waals surface area contributed by atoms with E-state index in [4.69, 9.17) is 10.00 Å². The number of carbonyl (C=O) groups excluding carboxylic acids is 1. The minimum Gasteiger partial charge on any atom is -0.495 e. The minimum absolute atomic E-state index is 0.0585. The number of hydrogen-bond acceptors (Lipinski definition) is 3. The van der Waals surface area contributed by atoms with Gasteiger partial charge < -0.3 is 10.1 Å². The fraction of sp³-hybridized carbons (Fsp3) is 0.286. The molecule has 1 N–H and O–H groups in total. The molecule has 0 spiro atoms. The summed E-state index contributed by atoms with van der Waals surface area (Å²) in [5.41, 5.74) is 1.27. The third-order valence-corrected chi connectivity index (χ3v) is 2.18. The van der Waals surface area contributed by atoms with Gasteiger partial charge in [0.25, 0.3) is 0 Å². The predicted molar refractivity (Wildman–Crippen MR) is 67.9 cm³/mol. The van der Waals surface area contributed by atoms with Crippen molar-refractivity contribution in [3.05, 3.63) is 29.3 Å². The molecule has 0 heterocycles. The molecule has 1 aromatic rings. The number of nitriles is 1. The zero-order valence-electron chi connectivity index (χ0n) is 10.4. The number of nitrogens with zero attached hydrogens (tertiary/aromatic N) is 1. The second-order valence-electron chi connectivity index (χ2n) is 3.56. The highest BCUT2D eigenvalue weighted by atomic mass is 16.5. The van der Waals surface area contributed by atoms with Gasteiger partial charge in [0.1, 0.15) is 11.8 Å². The zero-order chi connectivity index (χ0) is 13.4. The number of hydrogen-bond donors (Lipinski definition) is 1. The average molecular weight is 242 g/mol. The summed E-state index contributed by atoms with van der Waals surface area (Å²) in [7, 11) is 1.52. The Kier molecular flexibility index (Phi) is 5.28. The molecule has 1 amide bonds. The number of methoxy groups -OCH3 is 1. The van der Waals surface area contributed by atoms with Crippen LogP contribution in [0.15, 0.2) is 18.2 Å². The molecule has 0 unspecified atom stereocenters. The van der Waals surface area contributed by atoms with Crippen molar-refractivity contribution in [2.45, 2.75) is 13.3 Å². The highest BCUT2D eigenvalue weighted by Crippen LogP contribution is 2.18. The Bertz CT molecular complexity index is 533. The molecule has 92 valence electrons. The van der Waals surface area contributed by atoms with Gasteiger partial charge in [-0.05, 0) is 18.2 Å². The Morgan fingerprint density at radius 2 is 2.28 bits per heavy atom. The number of amides is 1. The lowest BCUT2D eigenvalue weighted by molar-refractivity contribution is -0.118. The van der Waals surface area contributed by atoms with Crippen LogP contribution in [0.1, 0.15) is 24.5 Å². The fourth-order valence-corrected chi connectivity index (χ4v) is 1.33. The van der Waals surface area contributed by atoms with E-state index < -0.39 is 0 Å². The number of carbonyl (C=O) groups is 1. The molecule has 0 saturated carbocycles. The van der Waals surface area contributed by atoms with Crippen molar-refractivity contribution in [2.24, 2.45) is 0 Å². The van der Waals surface area contributed by atoms with Crippen LogP contribution >= 0.6 is 0 Å². The third-order valence-electron chi connectivity index (χ3n) is 2.18. The smallest absolute Gasteiger partial charge is 0.216 e. The van der Waals surface area contributed by atoms with E-state index in [2.05, 4.69) is 17.2 Å². The van der Waals surface area contributed by atoms with Crippen molar-refractivity contribution in [3.8, 4) is 23.7 Å². The van der Waals surface area contributed by atoms with Crippen LogP contribution in [0.3, 0.4) is 0 Å². The molecule has 0 atom stereocenters. The highest BCUT2D eigenvalue weighted by molar-refractivity contribution is 5.72. The summed E-state index contributed by atoms with van der Waals surface area (Å²) in [4.78, 5) is 10.6. The summed E-state index contributed by atoms with van der Waals surface area (Å²) < 4.78 is 5.09. The van der Waals surface area contributed by atoms with Crippen LogP contribution in [0.4, 0.5) is 0 Å². The first-order valence-electron chi connectivity index (χ1n) is 5.49. The molecule has 0 saturated heterocycles. The summed E-state index contributed by atoms with van der Waals surface area (Å²) in [5.74, 6) is 6.36. The van der Waals surface area contributed by atoms with E-state index in [0.29, 0.717) is 24.3 Å². The summed E-state index contributed by atoms with van der Waals surface area (Å²) in [6, 6.07) is 7.22. The molecular formula is C14H14N2O2. The van der Waals surface area contributed by atoms with Crippen molar-refractivity contribution in [2.75, 3.05) is 13.7 Å². The normalized spacial score (nSPS) is 8.72. The van der Waals surface area contributed by atoms with Gasteiger partial charge in [-0.2, -0.15) is 5.26 Å². The van der Waals surface area contributed by atoms with Crippen LogP contribution in [-0.4, -0.2) is 19.6 Å². The first kappa shape index (κ1) is 13.6. The van der Waals surface area contributed by atoms with E-state index >= 15 is 0 Å². The van der Waals surface area contributed by atoms with E-state index in [9.17, 15) is 4.79 Å². The number of ether oxygens (including phenoxy) is 1. The van der Waals surface area contributed by atoms with Crippen LogP contribution in [-0.2, 0) is 4.79 Å². The third kappa shape index (κ3) is 4.19. The van der Waals surface area contributed by atoms with E-state index in [-0.39, 0.29) is 5.91 Å². The van der Waals surface area contributed by atoms with Crippen molar-refractivity contribution >= 4 is 5.91 Å². The van der Waals surface area contributed by atoms with Crippen molar-refractivity contribution in [1.29, 1.82) is 5.26 Å². The molecule has 1 aromatic carbocycles. The van der Waals surface area contributed by atoms with Gasteiger partial charge in [0.2, 0.25) is 5.91 Å². The fourth-order valence-electron chi connectivity index (χ4n) is 1.33. The molecule has 0 aliphatic heterocycles. The second kappa shape index (κ2) is 6.98. The average Bonchev–Trinajstić information content (AvgIpc) is 2.37. The van der Waals surface area contributed by atoms with Crippen molar-refractivity contribution in [3.63, 3.8) is 0 Å². The monoisotopic (exact) mass is 242 g/mol. The van der Waals surface area contributed by atoms with Crippen molar-refractivity contribution < 1.29 is 9.53 Å². The number of benzene rings is 1. The maximum absolute atomic E-state index is 10.6. The van der Waals surface area contributed by atoms with Gasteiger partial charge in [-0.1, -0.05) is 11.8 Å². The molecule has 0 fully saturated rings. The molecule has 1 rings (SSSR count). The summed E-state index contributed by atoms with van der Waals surface area (Å²) in [5, 5.41) is 11.5. The zero-order valence-corrected chi connectivity index (χ0v) is 10.4. The van der Waals surface area contributed by atoms with Gasteiger partial charge in [0.05, 0.1) is 12.7 Å². The SMILES string of the molecule is COc1cc(C#CCCNC(C)=O)ccc1C#N. The lowest BCUT2D eigenvalue weighted by Crippen LogP contribution is -2.20. The van der Waals surface area contributed by atoms with Gasteiger partial charge in [0.15, 0.2) is 0 Å². The van der Waals surface area contributed by atoms with Gasteiger partial charge in [-0.25, -0.2) is 0 Å². The van der Waals surface area contributed by atoms with Crippen molar-refractivity contribution in [1.82, 2.24) is 5.32 Å². The number of nitrogens with one attached hydrogen (secondary N) is 1. The maximum atomic E-state index is 10.6. The first-order valence-corrected chi connectivity index (χ1v) is 5.49. The minimum atomic E-state index is -0.0585. The predicted octanol–water partition coefficient (Wildman–Crippen LogP) is 1.44. The number of rotatable bonds is 3. The lowest BCUT2D eigenvalue weighted by Gasteiger charge is -2.02. The summed E-state index contributed by atoms with van der Waals surface area (Å²) >= 11 is 0. The van der Waals surface area contributed by atoms with E-state index in [1.165, 1.54) is 14.0 Å². The topological polar surface area (TPSA) is 62.1 Å². The molecule has 0 aliphatic carbocycles. The van der Waals surface area contributed by atoms with Crippen LogP contribution in [0.25, 0.3) is 0 Å².